The molecular formula is C14H14ClN2O3PS2. The molecule has 0 aliphatic carbocycles. The van der Waals surface area contributed by atoms with E-state index in [1.165, 1.54) is 22.7 Å². The lowest BCUT2D eigenvalue weighted by atomic mass is 10.2. The van der Waals surface area contributed by atoms with Crippen molar-refractivity contribution in [2.24, 2.45) is 0 Å². The van der Waals surface area contributed by atoms with Gasteiger partial charge in [-0.15, -0.1) is 0 Å². The van der Waals surface area contributed by atoms with Crippen LogP contribution in [0.3, 0.4) is 0 Å². The molecule has 0 spiro atoms. The lowest BCUT2D eigenvalue weighted by Gasteiger charge is -2.03. The minimum atomic E-state index is 0.120. The lowest BCUT2D eigenvalue weighted by molar-refractivity contribution is 0.200. The van der Waals surface area contributed by atoms with E-state index >= 15 is 0 Å². The second-order valence-corrected chi connectivity index (χ2v) is 7.74. The molecule has 1 aromatic carbocycles. The summed E-state index contributed by atoms with van der Waals surface area (Å²) < 4.78 is 16.3. The van der Waals surface area contributed by atoms with E-state index in [0.29, 0.717) is 40.1 Å². The van der Waals surface area contributed by atoms with Crippen molar-refractivity contribution >= 4 is 42.3 Å². The van der Waals surface area contributed by atoms with Crippen LogP contribution in [0.15, 0.2) is 24.3 Å². The molecule has 2 aromatic rings. The number of nitrogens with zero attached hydrogens (tertiary/aromatic N) is 2. The molecule has 5 nitrogen and oxygen atoms in total. The number of aromatic nitrogens is 1. The highest BCUT2D eigenvalue weighted by molar-refractivity contribution is 8.48. The van der Waals surface area contributed by atoms with Crippen LogP contribution in [-0.2, 0) is 11.3 Å². The molecule has 1 unspecified atom stereocenters. The average molecular weight is 389 g/mol. The molecule has 1 aromatic heterocycles. The molecule has 23 heavy (non-hydrogen) atoms. The van der Waals surface area contributed by atoms with Gasteiger partial charge < -0.3 is 14.0 Å². The first-order chi connectivity index (χ1) is 11.2. The molecule has 0 aliphatic heterocycles. The Bertz CT molecular complexity index is 661. The van der Waals surface area contributed by atoms with Gasteiger partial charge in [0.1, 0.15) is 20.7 Å². The quantitative estimate of drug-likeness (QED) is 0.347. The van der Waals surface area contributed by atoms with E-state index in [-0.39, 0.29) is 8.01 Å². The Morgan fingerprint density at radius 2 is 2.17 bits per heavy atom. The third-order valence-electron chi connectivity index (χ3n) is 2.50. The molecule has 0 aliphatic rings. The number of nitriles is 1. The number of halogens is 1. The summed E-state index contributed by atoms with van der Waals surface area (Å²) in [5.74, 6) is 0.867. The normalized spacial score (nSPS) is 10.8. The molecular weight excluding hydrogens is 375 g/mol. The van der Waals surface area contributed by atoms with Crippen LogP contribution in [0.25, 0.3) is 0 Å². The molecule has 1 atom stereocenters. The van der Waals surface area contributed by atoms with Crippen molar-refractivity contribution in [3.8, 4) is 17.1 Å². The van der Waals surface area contributed by atoms with Crippen LogP contribution in [0.5, 0.6) is 11.1 Å². The third kappa shape index (κ3) is 6.17. The maximum absolute atomic E-state index is 9.13. The summed E-state index contributed by atoms with van der Waals surface area (Å²) in [6.07, 6.45) is 0. The van der Waals surface area contributed by atoms with Crippen molar-refractivity contribution in [1.29, 1.82) is 5.26 Å². The Hall–Kier alpha value is -1.03. The minimum absolute atomic E-state index is 0.120. The van der Waals surface area contributed by atoms with Gasteiger partial charge in [-0.05, 0) is 24.6 Å². The predicted octanol–water partition coefficient (Wildman–Crippen LogP) is 4.86. The van der Waals surface area contributed by atoms with Crippen LogP contribution in [0.4, 0.5) is 0 Å². The topological polar surface area (TPSA) is 64.4 Å². The third-order valence-corrected chi connectivity index (χ3v) is 5.24. The van der Waals surface area contributed by atoms with E-state index in [9.17, 15) is 0 Å². The molecule has 0 saturated carbocycles. The molecule has 9 heteroatoms. The number of rotatable bonds is 9. The van der Waals surface area contributed by atoms with Gasteiger partial charge in [-0.3, -0.25) is 0 Å². The Morgan fingerprint density at radius 1 is 1.39 bits per heavy atom. The van der Waals surface area contributed by atoms with Crippen molar-refractivity contribution in [1.82, 2.24) is 4.98 Å². The molecule has 2 rings (SSSR count). The second kappa shape index (κ2) is 9.96. The Balaban J connectivity index is 1.87. The molecule has 0 saturated heterocycles. The first-order valence-electron chi connectivity index (χ1n) is 6.62. The maximum atomic E-state index is 9.13. The summed E-state index contributed by atoms with van der Waals surface area (Å²) in [5, 5.41) is 10.2. The standard InChI is InChI=1S/C14H14ClN2O3PS2/c1-2-18-9-22-21-20-13-12(7-16)23-14(17-13)19-8-10-3-5-11(15)6-4-10/h3-6,21H,2,8-9H2,1H3. The van der Waals surface area contributed by atoms with E-state index < -0.39 is 0 Å². The zero-order valence-electron chi connectivity index (χ0n) is 12.2. The van der Waals surface area contributed by atoms with Crippen LogP contribution in [0.2, 0.25) is 5.02 Å². The fourth-order valence-corrected chi connectivity index (χ4v) is 3.67. The highest BCUT2D eigenvalue weighted by Gasteiger charge is 2.13. The smallest absolute Gasteiger partial charge is 0.278 e. The Labute approximate surface area is 149 Å². The summed E-state index contributed by atoms with van der Waals surface area (Å²) in [6.45, 7) is 2.96. The summed E-state index contributed by atoms with van der Waals surface area (Å²) in [5.41, 5.74) is 0.972. The number of hydrogen-bond donors (Lipinski definition) is 0. The van der Waals surface area contributed by atoms with Crippen LogP contribution < -0.4 is 9.26 Å². The number of hydrogen-bond acceptors (Lipinski definition) is 7. The molecule has 1 heterocycles. The van der Waals surface area contributed by atoms with Crippen molar-refractivity contribution in [3.63, 3.8) is 0 Å². The van der Waals surface area contributed by atoms with Gasteiger partial charge in [0.05, 0.1) is 5.94 Å². The summed E-state index contributed by atoms with van der Waals surface area (Å²) in [4.78, 5) is 4.61. The van der Waals surface area contributed by atoms with Gasteiger partial charge in [-0.25, -0.2) is 0 Å². The van der Waals surface area contributed by atoms with Crippen molar-refractivity contribution in [2.75, 3.05) is 12.5 Å². The first-order valence-corrected chi connectivity index (χ1v) is 10.4. The largest absolute Gasteiger partial charge is 0.465 e. The molecule has 0 fully saturated rings. The van der Waals surface area contributed by atoms with Gasteiger partial charge in [0.15, 0.2) is 4.88 Å². The minimum Gasteiger partial charge on any atom is -0.465 e. The molecule has 122 valence electrons. The van der Waals surface area contributed by atoms with Gasteiger partial charge in [0, 0.05) is 11.6 Å². The Morgan fingerprint density at radius 3 is 2.87 bits per heavy atom. The summed E-state index contributed by atoms with van der Waals surface area (Å²) in [6, 6.07) is 9.43. The van der Waals surface area contributed by atoms with Crippen molar-refractivity contribution < 1.29 is 14.0 Å². The van der Waals surface area contributed by atoms with Gasteiger partial charge in [-0.1, -0.05) is 46.5 Å². The number of thiazole rings is 1. The molecule has 0 N–H and O–H groups in total. The summed E-state index contributed by atoms with van der Waals surface area (Å²) >= 11 is 8.50. The fraction of sp³-hybridized carbons (Fsp3) is 0.286. The van der Waals surface area contributed by atoms with E-state index in [2.05, 4.69) is 11.1 Å². The van der Waals surface area contributed by atoms with E-state index in [0.717, 1.165) is 5.56 Å². The first kappa shape index (κ1) is 18.3. The van der Waals surface area contributed by atoms with Gasteiger partial charge >= 0.3 is 0 Å². The van der Waals surface area contributed by atoms with Crippen molar-refractivity contribution in [3.05, 3.63) is 39.7 Å². The lowest BCUT2D eigenvalue weighted by Crippen LogP contribution is -1.94. The van der Waals surface area contributed by atoms with Crippen LogP contribution in [0.1, 0.15) is 17.4 Å². The van der Waals surface area contributed by atoms with E-state index in [4.69, 9.17) is 30.9 Å². The number of ether oxygens (including phenoxy) is 2. The monoisotopic (exact) mass is 388 g/mol. The van der Waals surface area contributed by atoms with E-state index in [1.54, 1.807) is 12.1 Å². The highest BCUT2D eigenvalue weighted by Crippen LogP contribution is 2.38. The van der Waals surface area contributed by atoms with E-state index in [1.807, 2.05) is 19.1 Å². The van der Waals surface area contributed by atoms with Crippen LogP contribution >= 0.6 is 42.3 Å². The predicted molar refractivity (Wildman–Crippen MR) is 95.6 cm³/mol. The Kier molecular flexibility index (Phi) is 7.93. The maximum Gasteiger partial charge on any atom is 0.278 e. The highest BCUT2D eigenvalue weighted by atomic mass is 35.5. The number of benzene rings is 1. The van der Waals surface area contributed by atoms with Crippen LogP contribution in [-0.4, -0.2) is 17.5 Å². The van der Waals surface area contributed by atoms with Gasteiger partial charge in [0.2, 0.25) is 5.88 Å². The van der Waals surface area contributed by atoms with Gasteiger partial charge in [-0.2, -0.15) is 10.2 Å². The second-order valence-electron chi connectivity index (χ2n) is 4.08. The van der Waals surface area contributed by atoms with Crippen molar-refractivity contribution in [2.45, 2.75) is 13.5 Å². The zero-order chi connectivity index (χ0) is 16.5. The summed E-state index contributed by atoms with van der Waals surface area (Å²) in [7, 11) is 0.120. The SMILES string of the molecule is CCOCSPOc1nc(OCc2ccc(Cl)cc2)sc1C#N. The molecule has 0 radical (unpaired) electrons. The zero-order valence-corrected chi connectivity index (χ0v) is 15.6. The molecule has 0 amide bonds. The molecule has 0 bridgehead atoms. The van der Waals surface area contributed by atoms with Crippen LogP contribution in [0, 0.1) is 11.3 Å². The fourth-order valence-electron chi connectivity index (χ4n) is 1.43. The van der Waals surface area contributed by atoms with Gasteiger partial charge in [0.25, 0.3) is 5.19 Å². The average Bonchev–Trinajstić information content (AvgIpc) is 2.96.